The minimum absolute atomic E-state index is 0.240. The molecule has 2 rings (SSSR count). The van der Waals surface area contributed by atoms with E-state index in [1.54, 1.807) is 12.3 Å². The van der Waals surface area contributed by atoms with Gasteiger partial charge in [0.2, 0.25) is 0 Å². The summed E-state index contributed by atoms with van der Waals surface area (Å²) in [5.41, 5.74) is 1.96. The molecule has 0 aliphatic carbocycles. The van der Waals surface area contributed by atoms with Crippen molar-refractivity contribution < 1.29 is 9.53 Å². The van der Waals surface area contributed by atoms with Crippen LogP contribution in [0.25, 0.3) is 0 Å². The van der Waals surface area contributed by atoms with Crippen molar-refractivity contribution in [2.75, 3.05) is 44.4 Å². The van der Waals surface area contributed by atoms with E-state index in [1.807, 2.05) is 51.4 Å². The van der Waals surface area contributed by atoms with Gasteiger partial charge in [-0.1, -0.05) is 0 Å². The lowest BCUT2D eigenvalue weighted by Gasteiger charge is -2.12. The fourth-order valence-electron chi connectivity index (χ4n) is 2.08. The van der Waals surface area contributed by atoms with E-state index in [0.29, 0.717) is 18.0 Å². The molecule has 6 heteroatoms. The topological polar surface area (TPSA) is 66.5 Å². The van der Waals surface area contributed by atoms with Gasteiger partial charge in [0.15, 0.2) is 0 Å². The minimum atomic E-state index is -0.240. The first kappa shape index (κ1) is 17.7. The van der Waals surface area contributed by atoms with Crippen molar-refractivity contribution in [3.05, 3.63) is 48.3 Å². The minimum Gasteiger partial charge on any atom is -0.494 e. The van der Waals surface area contributed by atoms with Crippen molar-refractivity contribution in [1.29, 1.82) is 0 Å². The molecule has 2 aromatic rings. The van der Waals surface area contributed by atoms with Gasteiger partial charge in [-0.15, -0.1) is 0 Å². The van der Waals surface area contributed by atoms with Crippen molar-refractivity contribution in [1.82, 2.24) is 9.88 Å². The standard InChI is InChI=1S/C18H24N4O2/c1-4-24-16-7-5-14(6-8-16)21-18(23)17-13-15(9-10-20-17)19-11-12-22(2)3/h5-10,13H,4,11-12H2,1-3H3,(H,19,20)(H,21,23). The van der Waals surface area contributed by atoms with Gasteiger partial charge in [0.25, 0.3) is 5.91 Å². The summed E-state index contributed by atoms with van der Waals surface area (Å²) in [5.74, 6) is 0.538. The zero-order valence-corrected chi connectivity index (χ0v) is 14.4. The van der Waals surface area contributed by atoms with Crippen LogP contribution in [0, 0.1) is 0 Å². The molecule has 1 heterocycles. The number of pyridine rings is 1. The van der Waals surface area contributed by atoms with Gasteiger partial charge in [-0.2, -0.15) is 0 Å². The van der Waals surface area contributed by atoms with Crippen LogP contribution in [-0.2, 0) is 0 Å². The highest BCUT2D eigenvalue weighted by Gasteiger charge is 2.08. The molecular weight excluding hydrogens is 304 g/mol. The maximum atomic E-state index is 12.3. The first-order valence-corrected chi connectivity index (χ1v) is 7.97. The Morgan fingerprint density at radius 1 is 1.17 bits per heavy atom. The highest BCUT2D eigenvalue weighted by atomic mass is 16.5. The number of nitrogens with zero attached hydrogens (tertiary/aromatic N) is 2. The molecule has 0 aliphatic rings. The molecule has 1 aromatic carbocycles. The molecule has 0 aliphatic heterocycles. The van der Waals surface area contributed by atoms with Crippen LogP contribution in [0.4, 0.5) is 11.4 Å². The maximum absolute atomic E-state index is 12.3. The van der Waals surface area contributed by atoms with Crippen LogP contribution in [0.1, 0.15) is 17.4 Å². The zero-order chi connectivity index (χ0) is 17.4. The zero-order valence-electron chi connectivity index (χ0n) is 14.4. The second kappa shape index (κ2) is 8.88. The summed E-state index contributed by atoms with van der Waals surface area (Å²) >= 11 is 0. The second-order valence-corrected chi connectivity index (χ2v) is 5.57. The van der Waals surface area contributed by atoms with Crippen molar-refractivity contribution in [2.24, 2.45) is 0 Å². The van der Waals surface area contributed by atoms with E-state index in [9.17, 15) is 4.79 Å². The molecule has 1 amide bonds. The monoisotopic (exact) mass is 328 g/mol. The summed E-state index contributed by atoms with van der Waals surface area (Å²) in [6, 6.07) is 10.9. The fourth-order valence-corrected chi connectivity index (χ4v) is 2.08. The average Bonchev–Trinajstić information content (AvgIpc) is 2.57. The van der Waals surface area contributed by atoms with E-state index in [0.717, 1.165) is 24.5 Å². The number of nitrogens with one attached hydrogen (secondary N) is 2. The molecule has 1 aromatic heterocycles. The Morgan fingerprint density at radius 2 is 1.92 bits per heavy atom. The predicted molar refractivity (Wildman–Crippen MR) is 96.8 cm³/mol. The highest BCUT2D eigenvalue weighted by molar-refractivity contribution is 6.03. The van der Waals surface area contributed by atoms with E-state index in [1.165, 1.54) is 0 Å². The van der Waals surface area contributed by atoms with Crippen LogP contribution in [0.2, 0.25) is 0 Å². The number of hydrogen-bond acceptors (Lipinski definition) is 5. The van der Waals surface area contributed by atoms with E-state index in [2.05, 4.69) is 20.5 Å². The van der Waals surface area contributed by atoms with E-state index in [-0.39, 0.29) is 5.91 Å². The smallest absolute Gasteiger partial charge is 0.274 e. The van der Waals surface area contributed by atoms with E-state index < -0.39 is 0 Å². The van der Waals surface area contributed by atoms with Gasteiger partial charge >= 0.3 is 0 Å². The summed E-state index contributed by atoms with van der Waals surface area (Å²) in [6.45, 7) is 4.26. The number of carbonyl (C=O) groups excluding carboxylic acids is 1. The van der Waals surface area contributed by atoms with Gasteiger partial charge in [-0.3, -0.25) is 9.78 Å². The summed E-state index contributed by atoms with van der Waals surface area (Å²) in [4.78, 5) is 18.5. The number of carbonyl (C=O) groups is 1. The fraction of sp³-hybridized carbons (Fsp3) is 0.333. The lowest BCUT2D eigenvalue weighted by Crippen LogP contribution is -2.21. The number of rotatable bonds is 8. The Kier molecular flexibility index (Phi) is 6.57. The first-order valence-electron chi connectivity index (χ1n) is 7.97. The molecule has 0 spiro atoms. The third-order valence-corrected chi connectivity index (χ3v) is 3.30. The average molecular weight is 328 g/mol. The maximum Gasteiger partial charge on any atom is 0.274 e. The molecule has 0 atom stereocenters. The largest absolute Gasteiger partial charge is 0.494 e. The molecule has 0 bridgehead atoms. The molecule has 0 saturated heterocycles. The van der Waals surface area contributed by atoms with Gasteiger partial charge < -0.3 is 20.3 Å². The Morgan fingerprint density at radius 3 is 2.58 bits per heavy atom. The molecule has 0 radical (unpaired) electrons. The number of benzene rings is 1. The van der Waals surface area contributed by atoms with Crippen molar-refractivity contribution in [2.45, 2.75) is 6.92 Å². The number of aromatic nitrogens is 1. The van der Waals surface area contributed by atoms with Gasteiger partial charge in [0, 0.05) is 30.7 Å². The number of ether oxygens (including phenoxy) is 1. The Labute approximate surface area is 142 Å². The summed E-state index contributed by atoms with van der Waals surface area (Å²) in [7, 11) is 4.04. The van der Waals surface area contributed by atoms with Crippen LogP contribution < -0.4 is 15.4 Å². The van der Waals surface area contributed by atoms with Crippen LogP contribution in [0.5, 0.6) is 5.75 Å². The third-order valence-electron chi connectivity index (χ3n) is 3.30. The highest BCUT2D eigenvalue weighted by Crippen LogP contribution is 2.16. The summed E-state index contributed by atoms with van der Waals surface area (Å²) in [6.07, 6.45) is 1.63. The lowest BCUT2D eigenvalue weighted by atomic mass is 10.2. The van der Waals surface area contributed by atoms with Gasteiger partial charge in [-0.05, 0) is 57.4 Å². The number of amides is 1. The van der Waals surface area contributed by atoms with E-state index in [4.69, 9.17) is 4.74 Å². The predicted octanol–water partition coefficient (Wildman–Crippen LogP) is 2.71. The molecule has 2 N–H and O–H groups in total. The first-order chi connectivity index (χ1) is 11.6. The molecule has 0 saturated carbocycles. The van der Waals surface area contributed by atoms with Crippen LogP contribution >= 0.6 is 0 Å². The summed E-state index contributed by atoms with van der Waals surface area (Å²) < 4.78 is 5.38. The molecule has 0 unspecified atom stereocenters. The van der Waals surface area contributed by atoms with Crippen molar-refractivity contribution in [3.8, 4) is 5.75 Å². The number of hydrogen-bond donors (Lipinski definition) is 2. The molecule has 6 nitrogen and oxygen atoms in total. The van der Waals surface area contributed by atoms with Gasteiger partial charge in [0.1, 0.15) is 11.4 Å². The third kappa shape index (κ3) is 5.55. The van der Waals surface area contributed by atoms with Crippen molar-refractivity contribution in [3.63, 3.8) is 0 Å². The Bertz CT molecular complexity index is 656. The quantitative estimate of drug-likeness (QED) is 0.780. The van der Waals surface area contributed by atoms with Crippen LogP contribution in [0.3, 0.4) is 0 Å². The second-order valence-electron chi connectivity index (χ2n) is 5.57. The van der Waals surface area contributed by atoms with Gasteiger partial charge in [-0.25, -0.2) is 0 Å². The number of anilines is 2. The lowest BCUT2D eigenvalue weighted by molar-refractivity contribution is 0.102. The van der Waals surface area contributed by atoms with Crippen LogP contribution in [-0.4, -0.2) is 49.6 Å². The Hall–Kier alpha value is -2.60. The number of likely N-dealkylation sites (N-methyl/N-ethyl adjacent to an activating group) is 1. The molecule has 24 heavy (non-hydrogen) atoms. The van der Waals surface area contributed by atoms with Crippen LogP contribution in [0.15, 0.2) is 42.6 Å². The van der Waals surface area contributed by atoms with E-state index >= 15 is 0 Å². The molecular formula is C18H24N4O2. The van der Waals surface area contributed by atoms with Gasteiger partial charge in [0.05, 0.1) is 6.61 Å². The SMILES string of the molecule is CCOc1ccc(NC(=O)c2cc(NCCN(C)C)ccn2)cc1. The Balaban J connectivity index is 1.96. The summed E-state index contributed by atoms with van der Waals surface area (Å²) in [5, 5.41) is 6.11. The molecule has 128 valence electrons. The van der Waals surface area contributed by atoms with Crippen molar-refractivity contribution >= 4 is 17.3 Å². The normalized spacial score (nSPS) is 10.5. The molecule has 0 fully saturated rings.